The van der Waals surface area contributed by atoms with Crippen LogP contribution in [0, 0.1) is 6.92 Å². The molecule has 10 heavy (non-hydrogen) atoms. The number of aromatic nitrogens is 3. The first-order valence-corrected chi connectivity index (χ1v) is 3.17. The smallest absolute Gasteiger partial charge is 0.265 e. The molecule has 0 radical (unpaired) electrons. The zero-order chi connectivity index (χ0) is 7.72. The molecule has 54 valence electrons. The SMILES string of the molecule is Cc1nn(C)c(S)nc1=O. The third-order valence-corrected chi connectivity index (χ3v) is 1.49. The van der Waals surface area contributed by atoms with Crippen LogP contribution >= 0.6 is 12.6 Å². The Labute approximate surface area is 63.3 Å². The fourth-order valence-corrected chi connectivity index (χ4v) is 0.692. The monoisotopic (exact) mass is 157 g/mol. The van der Waals surface area contributed by atoms with Crippen molar-refractivity contribution >= 4 is 12.6 Å². The van der Waals surface area contributed by atoms with Crippen LogP contribution in [0.25, 0.3) is 0 Å². The zero-order valence-corrected chi connectivity index (χ0v) is 6.59. The van der Waals surface area contributed by atoms with Crippen LogP contribution in [-0.4, -0.2) is 14.8 Å². The first-order valence-electron chi connectivity index (χ1n) is 2.72. The zero-order valence-electron chi connectivity index (χ0n) is 5.70. The Morgan fingerprint density at radius 2 is 2.20 bits per heavy atom. The Morgan fingerprint density at radius 3 is 2.70 bits per heavy atom. The molecule has 0 bridgehead atoms. The molecule has 0 aliphatic heterocycles. The maximum Gasteiger partial charge on any atom is 0.295 e. The van der Waals surface area contributed by atoms with Crippen molar-refractivity contribution < 1.29 is 0 Å². The lowest BCUT2D eigenvalue weighted by atomic mass is 10.5. The lowest BCUT2D eigenvalue weighted by Gasteiger charge is -1.98. The van der Waals surface area contributed by atoms with Crippen LogP contribution < -0.4 is 5.56 Å². The fraction of sp³-hybridized carbons (Fsp3) is 0.400. The van der Waals surface area contributed by atoms with Gasteiger partial charge in [0, 0.05) is 7.05 Å². The number of hydrogen-bond donors (Lipinski definition) is 1. The van der Waals surface area contributed by atoms with Crippen LogP contribution in [0.2, 0.25) is 0 Å². The molecule has 0 saturated heterocycles. The second-order valence-corrected chi connectivity index (χ2v) is 2.33. The summed E-state index contributed by atoms with van der Waals surface area (Å²) in [5, 5.41) is 4.17. The summed E-state index contributed by atoms with van der Waals surface area (Å²) in [5.74, 6) is 0. The molecular formula is C5H7N3OS. The van der Waals surface area contributed by atoms with Gasteiger partial charge in [-0.1, -0.05) is 0 Å². The molecule has 0 N–H and O–H groups in total. The van der Waals surface area contributed by atoms with E-state index in [-0.39, 0.29) is 5.56 Å². The molecule has 0 saturated carbocycles. The van der Waals surface area contributed by atoms with Crippen LogP contribution in [0.3, 0.4) is 0 Å². The lowest BCUT2D eigenvalue weighted by molar-refractivity contribution is 0.600. The van der Waals surface area contributed by atoms with E-state index in [1.165, 1.54) is 4.68 Å². The molecule has 1 rings (SSSR count). The summed E-state index contributed by atoms with van der Waals surface area (Å²) in [4.78, 5) is 14.3. The van der Waals surface area contributed by atoms with Crippen LogP contribution in [0.4, 0.5) is 0 Å². The molecule has 0 spiro atoms. The predicted octanol–water partition coefficient (Wildman–Crippen LogP) is -0.228. The van der Waals surface area contributed by atoms with Gasteiger partial charge in [-0.05, 0) is 6.92 Å². The maximum absolute atomic E-state index is 10.8. The van der Waals surface area contributed by atoms with Crippen molar-refractivity contribution in [1.82, 2.24) is 14.8 Å². The number of hydrogen-bond acceptors (Lipinski definition) is 4. The van der Waals surface area contributed by atoms with Gasteiger partial charge in [-0.15, -0.1) is 12.6 Å². The Balaban J connectivity index is 3.43. The summed E-state index contributed by atoms with van der Waals surface area (Å²) in [5.41, 5.74) is 0.0726. The Morgan fingerprint density at radius 1 is 1.60 bits per heavy atom. The maximum atomic E-state index is 10.8. The van der Waals surface area contributed by atoms with E-state index in [9.17, 15) is 4.79 Å². The highest BCUT2D eigenvalue weighted by atomic mass is 32.1. The minimum atomic E-state index is -0.317. The largest absolute Gasteiger partial charge is 0.295 e. The Hall–Kier alpha value is -0.840. The third kappa shape index (κ3) is 1.18. The van der Waals surface area contributed by atoms with E-state index in [0.717, 1.165) is 0 Å². The van der Waals surface area contributed by atoms with Gasteiger partial charge in [0.1, 0.15) is 5.69 Å². The number of rotatable bonds is 0. The molecule has 0 amide bonds. The van der Waals surface area contributed by atoms with E-state index >= 15 is 0 Å². The van der Waals surface area contributed by atoms with Gasteiger partial charge in [-0.25, -0.2) is 4.68 Å². The highest BCUT2D eigenvalue weighted by Crippen LogP contribution is 1.92. The minimum Gasteiger partial charge on any atom is -0.265 e. The van der Waals surface area contributed by atoms with Crippen LogP contribution in [0.5, 0.6) is 0 Å². The molecule has 0 aliphatic carbocycles. The van der Waals surface area contributed by atoms with E-state index in [2.05, 4.69) is 22.7 Å². The molecule has 0 aromatic carbocycles. The second-order valence-electron chi connectivity index (χ2n) is 1.93. The van der Waals surface area contributed by atoms with Crippen molar-refractivity contribution in [2.75, 3.05) is 0 Å². The molecule has 0 aliphatic rings. The summed E-state index contributed by atoms with van der Waals surface area (Å²) < 4.78 is 1.44. The van der Waals surface area contributed by atoms with Crippen molar-refractivity contribution in [3.63, 3.8) is 0 Å². The first-order chi connectivity index (χ1) is 4.61. The lowest BCUT2D eigenvalue weighted by Crippen LogP contribution is -2.18. The average molecular weight is 157 g/mol. The molecule has 0 atom stereocenters. The van der Waals surface area contributed by atoms with Gasteiger partial charge in [-0.3, -0.25) is 4.79 Å². The van der Waals surface area contributed by atoms with E-state index in [1.807, 2.05) is 0 Å². The van der Waals surface area contributed by atoms with Crippen molar-refractivity contribution in [1.29, 1.82) is 0 Å². The quantitative estimate of drug-likeness (QED) is 0.529. The summed E-state index contributed by atoms with van der Waals surface area (Å²) in [6, 6.07) is 0. The molecule has 1 aromatic rings. The summed E-state index contributed by atoms with van der Waals surface area (Å²) in [7, 11) is 1.68. The average Bonchev–Trinajstić information content (AvgIpc) is 1.84. The molecule has 0 unspecified atom stereocenters. The molecule has 1 aromatic heterocycles. The van der Waals surface area contributed by atoms with Crippen molar-refractivity contribution in [2.24, 2.45) is 7.05 Å². The van der Waals surface area contributed by atoms with Gasteiger partial charge in [0.15, 0.2) is 5.16 Å². The van der Waals surface area contributed by atoms with Crippen LogP contribution in [0.15, 0.2) is 9.95 Å². The van der Waals surface area contributed by atoms with Crippen molar-refractivity contribution in [3.05, 3.63) is 16.0 Å². The summed E-state index contributed by atoms with van der Waals surface area (Å²) in [6.07, 6.45) is 0. The normalized spacial score (nSPS) is 9.90. The predicted molar refractivity (Wildman–Crippen MR) is 39.3 cm³/mol. The number of nitrogens with zero attached hydrogens (tertiary/aromatic N) is 3. The third-order valence-electron chi connectivity index (χ3n) is 1.10. The topological polar surface area (TPSA) is 47.8 Å². The number of aryl methyl sites for hydroxylation is 2. The standard InChI is InChI=1S/C5H7N3OS/c1-3-4(9)6-5(10)8(2)7-3/h1-2H3,(H,6,9,10). The van der Waals surface area contributed by atoms with Crippen LogP contribution in [-0.2, 0) is 7.05 Å². The van der Waals surface area contributed by atoms with Gasteiger partial charge < -0.3 is 0 Å². The van der Waals surface area contributed by atoms with E-state index in [0.29, 0.717) is 10.9 Å². The Kier molecular flexibility index (Phi) is 1.76. The first kappa shape index (κ1) is 7.27. The van der Waals surface area contributed by atoms with Gasteiger partial charge in [0.2, 0.25) is 0 Å². The molecular weight excluding hydrogens is 150 g/mol. The molecule has 0 fully saturated rings. The van der Waals surface area contributed by atoms with Crippen LogP contribution in [0.1, 0.15) is 5.69 Å². The van der Waals surface area contributed by atoms with E-state index in [1.54, 1.807) is 14.0 Å². The Bertz CT molecular complexity index is 306. The molecule has 5 heteroatoms. The summed E-state index contributed by atoms with van der Waals surface area (Å²) >= 11 is 3.90. The highest BCUT2D eigenvalue weighted by molar-refractivity contribution is 7.80. The molecule has 4 nitrogen and oxygen atoms in total. The van der Waals surface area contributed by atoms with Crippen molar-refractivity contribution in [2.45, 2.75) is 12.1 Å². The van der Waals surface area contributed by atoms with Gasteiger partial charge in [0.05, 0.1) is 0 Å². The highest BCUT2D eigenvalue weighted by Gasteiger charge is 1.98. The van der Waals surface area contributed by atoms with Gasteiger partial charge in [-0.2, -0.15) is 10.1 Å². The summed E-state index contributed by atoms with van der Waals surface area (Å²) in [6.45, 7) is 1.61. The fourth-order valence-electron chi connectivity index (χ4n) is 0.557. The van der Waals surface area contributed by atoms with Gasteiger partial charge >= 0.3 is 0 Å². The molecule has 1 heterocycles. The number of thiol groups is 1. The van der Waals surface area contributed by atoms with Crippen molar-refractivity contribution in [3.8, 4) is 0 Å². The minimum absolute atomic E-state index is 0.317. The second kappa shape index (κ2) is 2.42. The van der Waals surface area contributed by atoms with E-state index < -0.39 is 0 Å². The van der Waals surface area contributed by atoms with E-state index in [4.69, 9.17) is 0 Å². The van der Waals surface area contributed by atoms with Gasteiger partial charge in [0.25, 0.3) is 5.56 Å².